The molecule has 2 rings (SSSR count). The summed E-state index contributed by atoms with van der Waals surface area (Å²) in [6.07, 6.45) is -0.316. The van der Waals surface area contributed by atoms with Crippen LogP contribution in [0.2, 0.25) is 0 Å². The number of nitrogens with zero attached hydrogens (tertiary/aromatic N) is 1. The zero-order valence-electron chi connectivity index (χ0n) is 11.9. The molecule has 5 heteroatoms. The van der Waals surface area contributed by atoms with Gasteiger partial charge in [-0.1, -0.05) is 60.7 Å². The highest BCUT2D eigenvalue weighted by Gasteiger charge is 2.08. The zero-order chi connectivity index (χ0) is 15.8. The van der Waals surface area contributed by atoms with Gasteiger partial charge in [0.2, 0.25) is 5.91 Å². The number of benzene rings is 2. The molecule has 0 unspecified atom stereocenters. The Morgan fingerprint density at radius 2 is 1.36 bits per heavy atom. The third-order valence-corrected chi connectivity index (χ3v) is 2.95. The summed E-state index contributed by atoms with van der Waals surface area (Å²) in [6.45, 7) is 0. The predicted octanol–water partition coefficient (Wildman–Crippen LogP) is 2.42. The van der Waals surface area contributed by atoms with Crippen LogP contribution in [0.1, 0.15) is 24.0 Å². The Bertz CT molecular complexity index is 625. The van der Waals surface area contributed by atoms with E-state index in [1.807, 2.05) is 60.7 Å². The number of carboxylic acid groups (broad SMARTS) is 1. The fourth-order valence-corrected chi connectivity index (χ4v) is 1.88. The van der Waals surface area contributed by atoms with Crippen molar-refractivity contribution in [2.75, 3.05) is 0 Å². The van der Waals surface area contributed by atoms with E-state index in [-0.39, 0.29) is 12.8 Å². The van der Waals surface area contributed by atoms with Crippen LogP contribution in [-0.2, 0) is 9.59 Å². The number of hydrogen-bond donors (Lipinski definition) is 2. The average molecular weight is 296 g/mol. The third kappa shape index (κ3) is 4.56. The van der Waals surface area contributed by atoms with Crippen molar-refractivity contribution in [1.82, 2.24) is 5.43 Å². The first kappa shape index (κ1) is 15.4. The van der Waals surface area contributed by atoms with Crippen LogP contribution in [0.25, 0.3) is 0 Å². The van der Waals surface area contributed by atoms with E-state index in [9.17, 15) is 9.59 Å². The topological polar surface area (TPSA) is 78.8 Å². The molecular weight excluding hydrogens is 280 g/mol. The van der Waals surface area contributed by atoms with Crippen LogP contribution in [-0.4, -0.2) is 22.7 Å². The number of carboxylic acids is 1. The number of amides is 1. The van der Waals surface area contributed by atoms with Gasteiger partial charge in [0.15, 0.2) is 0 Å². The molecule has 0 fully saturated rings. The minimum absolute atomic E-state index is 0.101. The van der Waals surface area contributed by atoms with Crippen LogP contribution in [0.4, 0.5) is 0 Å². The minimum Gasteiger partial charge on any atom is -0.481 e. The summed E-state index contributed by atoms with van der Waals surface area (Å²) in [7, 11) is 0. The van der Waals surface area contributed by atoms with Gasteiger partial charge in [0.1, 0.15) is 0 Å². The fraction of sp³-hybridized carbons (Fsp3) is 0.118. The summed E-state index contributed by atoms with van der Waals surface area (Å²) in [6, 6.07) is 18.9. The van der Waals surface area contributed by atoms with Gasteiger partial charge >= 0.3 is 5.97 Å². The Morgan fingerprint density at radius 3 is 1.82 bits per heavy atom. The number of rotatable bonds is 6. The van der Waals surface area contributed by atoms with Crippen molar-refractivity contribution >= 4 is 17.6 Å². The first-order valence-corrected chi connectivity index (χ1v) is 6.86. The molecule has 5 nitrogen and oxygen atoms in total. The van der Waals surface area contributed by atoms with Crippen LogP contribution in [0.3, 0.4) is 0 Å². The van der Waals surface area contributed by atoms with E-state index in [4.69, 9.17) is 5.11 Å². The minimum atomic E-state index is -1.01. The molecular formula is C17H16N2O3. The molecule has 22 heavy (non-hydrogen) atoms. The summed E-state index contributed by atoms with van der Waals surface area (Å²) < 4.78 is 0. The molecule has 0 spiro atoms. The highest BCUT2D eigenvalue weighted by atomic mass is 16.4. The normalized spacial score (nSPS) is 9.82. The predicted molar refractivity (Wildman–Crippen MR) is 83.5 cm³/mol. The molecule has 2 aromatic rings. The lowest BCUT2D eigenvalue weighted by Crippen LogP contribution is -2.21. The van der Waals surface area contributed by atoms with Crippen molar-refractivity contribution in [1.29, 1.82) is 0 Å². The quantitative estimate of drug-likeness (QED) is 0.634. The standard InChI is InChI=1S/C17H16N2O3/c20-15(11-12-16(21)22)18-19-17(13-7-3-1-4-8-13)14-9-5-2-6-10-14/h1-10H,11-12H2,(H,18,20)(H,21,22). The highest BCUT2D eigenvalue weighted by Crippen LogP contribution is 2.10. The van der Waals surface area contributed by atoms with Gasteiger partial charge in [0.05, 0.1) is 12.1 Å². The zero-order valence-corrected chi connectivity index (χ0v) is 11.9. The largest absolute Gasteiger partial charge is 0.481 e. The smallest absolute Gasteiger partial charge is 0.303 e. The van der Waals surface area contributed by atoms with Crippen LogP contribution in [0.5, 0.6) is 0 Å². The lowest BCUT2D eigenvalue weighted by Gasteiger charge is -2.07. The fourth-order valence-electron chi connectivity index (χ4n) is 1.88. The molecule has 0 saturated heterocycles. The van der Waals surface area contributed by atoms with Crippen LogP contribution >= 0.6 is 0 Å². The average Bonchev–Trinajstić information content (AvgIpc) is 2.55. The molecule has 1 amide bonds. The first-order valence-electron chi connectivity index (χ1n) is 6.86. The Hall–Kier alpha value is -2.95. The van der Waals surface area contributed by atoms with E-state index in [0.29, 0.717) is 5.71 Å². The van der Waals surface area contributed by atoms with E-state index in [1.54, 1.807) is 0 Å². The second kappa shape index (κ2) is 7.73. The van der Waals surface area contributed by atoms with E-state index in [0.717, 1.165) is 11.1 Å². The molecule has 0 aliphatic carbocycles. The maximum Gasteiger partial charge on any atom is 0.303 e. The van der Waals surface area contributed by atoms with Gasteiger partial charge in [-0.25, -0.2) is 5.43 Å². The first-order chi connectivity index (χ1) is 10.7. The molecule has 0 aliphatic heterocycles. The molecule has 112 valence electrons. The maximum atomic E-state index is 11.6. The van der Waals surface area contributed by atoms with Gasteiger partial charge in [0.25, 0.3) is 0 Å². The van der Waals surface area contributed by atoms with E-state index in [1.165, 1.54) is 0 Å². The van der Waals surface area contributed by atoms with Crippen molar-refractivity contribution in [3.63, 3.8) is 0 Å². The van der Waals surface area contributed by atoms with E-state index < -0.39 is 11.9 Å². The molecule has 0 radical (unpaired) electrons. The monoisotopic (exact) mass is 296 g/mol. The molecule has 0 aliphatic rings. The van der Waals surface area contributed by atoms with E-state index >= 15 is 0 Å². The van der Waals surface area contributed by atoms with Gasteiger partial charge in [-0.2, -0.15) is 5.10 Å². The van der Waals surface area contributed by atoms with Crippen LogP contribution < -0.4 is 5.43 Å². The van der Waals surface area contributed by atoms with Crippen LogP contribution in [0, 0.1) is 0 Å². The second-order valence-corrected chi connectivity index (χ2v) is 4.62. The number of hydrogen-bond acceptors (Lipinski definition) is 3. The lowest BCUT2D eigenvalue weighted by molar-refractivity contribution is -0.138. The Balaban J connectivity index is 2.20. The van der Waals surface area contributed by atoms with Gasteiger partial charge in [-0.05, 0) is 0 Å². The van der Waals surface area contributed by atoms with Crippen molar-refractivity contribution in [2.45, 2.75) is 12.8 Å². The summed E-state index contributed by atoms with van der Waals surface area (Å²) >= 11 is 0. The summed E-state index contributed by atoms with van der Waals surface area (Å²) in [5.41, 5.74) is 4.79. The van der Waals surface area contributed by atoms with Gasteiger partial charge in [-0.3, -0.25) is 9.59 Å². The molecule has 0 atom stereocenters. The van der Waals surface area contributed by atoms with E-state index in [2.05, 4.69) is 10.5 Å². The summed E-state index contributed by atoms with van der Waals surface area (Å²) in [5, 5.41) is 12.7. The third-order valence-electron chi connectivity index (χ3n) is 2.95. The molecule has 0 bridgehead atoms. The Labute approximate surface area is 128 Å². The van der Waals surface area contributed by atoms with Crippen molar-refractivity contribution in [3.8, 4) is 0 Å². The number of hydrazone groups is 1. The molecule has 0 saturated carbocycles. The van der Waals surface area contributed by atoms with Crippen molar-refractivity contribution in [3.05, 3.63) is 71.8 Å². The van der Waals surface area contributed by atoms with Gasteiger partial charge in [-0.15, -0.1) is 0 Å². The number of carbonyl (C=O) groups is 2. The SMILES string of the molecule is O=C(O)CCC(=O)NN=C(c1ccccc1)c1ccccc1. The van der Waals surface area contributed by atoms with Gasteiger partial charge < -0.3 is 5.11 Å². The molecule has 0 heterocycles. The number of aliphatic carboxylic acids is 1. The highest BCUT2D eigenvalue weighted by molar-refractivity contribution is 6.13. The van der Waals surface area contributed by atoms with Crippen molar-refractivity contribution in [2.24, 2.45) is 5.10 Å². The Kier molecular flexibility index (Phi) is 5.43. The molecule has 2 N–H and O–H groups in total. The number of carbonyl (C=O) groups excluding carboxylic acids is 1. The maximum absolute atomic E-state index is 11.6. The molecule has 2 aromatic carbocycles. The number of nitrogens with one attached hydrogen (secondary N) is 1. The second-order valence-electron chi connectivity index (χ2n) is 4.62. The van der Waals surface area contributed by atoms with Gasteiger partial charge in [0, 0.05) is 17.5 Å². The summed E-state index contributed by atoms with van der Waals surface area (Å²) in [4.78, 5) is 22.1. The Morgan fingerprint density at radius 1 is 0.864 bits per heavy atom. The van der Waals surface area contributed by atoms with Crippen molar-refractivity contribution < 1.29 is 14.7 Å². The lowest BCUT2D eigenvalue weighted by atomic mass is 10.0. The molecule has 0 aromatic heterocycles. The summed E-state index contributed by atoms with van der Waals surface area (Å²) in [5.74, 6) is -1.43. The van der Waals surface area contributed by atoms with Crippen LogP contribution in [0.15, 0.2) is 65.8 Å².